The van der Waals surface area contributed by atoms with E-state index in [1.807, 2.05) is 6.92 Å². The first-order valence-electron chi connectivity index (χ1n) is 5.21. The molecular formula is C11H15N3O3. The van der Waals surface area contributed by atoms with E-state index in [1.54, 1.807) is 20.2 Å². The molecule has 0 atom stereocenters. The standard InChI is InChI=1S/C11H15N3O3/c1-4-12-8-5-6-10(14(16)17)9(7-8)11(15)13(2)3/h5-7,12H,4H2,1-3H3. The van der Waals surface area contributed by atoms with E-state index in [9.17, 15) is 14.9 Å². The molecule has 0 fully saturated rings. The second kappa shape index (κ2) is 5.29. The van der Waals surface area contributed by atoms with Crippen LogP contribution in [0.5, 0.6) is 0 Å². The Morgan fingerprint density at radius 1 is 1.47 bits per heavy atom. The molecule has 1 aromatic rings. The van der Waals surface area contributed by atoms with Crippen molar-refractivity contribution >= 4 is 17.3 Å². The van der Waals surface area contributed by atoms with E-state index in [0.717, 1.165) is 0 Å². The van der Waals surface area contributed by atoms with Crippen LogP contribution in [-0.4, -0.2) is 36.4 Å². The van der Waals surface area contributed by atoms with Gasteiger partial charge in [0.15, 0.2) is 0 Å². The van der Waals surface area contributed by atoms with Gasteiger partial charge in [0.2, 0.25) is 0 Å². The average Bonchev–Trinajstić information content (AvgIpc) is 2.28. The molecule has 0 heterocycles. The highest BCUT2D eigenvalue weighted by atomic mass is 16.6. The van der Waals surface area contributed by atoms with E-state index < -0.39 is 4.92 Å². The number of rotatable bonds is 4. The van der Waals surface area contributed by atoms with Crippen LogP contribution in [-0.2, 0) is 0 Å². The maximum atomic E-state index is 11.8. The van der Waals surface area contributed by atoms with Crippen molar-refractivity contribution in [3.63, 3.8) is 0 Å². The molecule has 0 aliphatic rings. The number of nitrogens with one attached hydrogen (secondary N) is 1. The first-order valence-corrected chi connectivity index (χ1v) is 5.21. The quantitative estimate of drug-likeness (QED) is 0.639. The highest BCUT2D eigenvalue weighted by molar-refractivity contribution is 5.98. The third-order valence-corrected chi connectivity index (χ3v) is 2.21. The van der Waals surface area contributed by atoms with Gasteiger partial charge in [-0.05, 0) is 19.1 Å². The lowest BCUT2D eigenvalue weighted by molar-refractivity contribution is -0.385. The number of nitro groups is 1. The lowest BCUT2D eigenvalue weighted by Crippen LogP contribution is -2.22. The molecule has 0 unspecified atom stereocenters. The minimum Gasteiger partial charge on any atom is -0.385 e. The van der Waals surface area contributed by atoms with Crippen LogP contribution in [0.4, 0.5) is 11.4 Å². The van der Waals surface area contributed by atoms with Gasteiger partial charge in [0, 0.05) is 32.4 Å². The molecule has 0 bridgehead atoms. The SMILES string of the molecule is CCNc1ccc([N+](=O)[O-])c(C(=O)N(C)C)c1. The number of amides is 1. The van der Waals surface area contributed by atoms with Crippen LogP contribution in [0.3, 0.4) is 0 Å². The zero-order valence-corrected chi connectivity index (χ0v) is 10.1. The van der Waals surface area contributed by atoms with Crippen molar-refractivity contribution in [2.75, 3.05) is 26.0 Å². The molecule has 1 rings (SSSR count). The van der Waals surface area contributed by atoms with Crippen LogP contribution in [0.1, 0.15) is 17.3 Å². The van der Waals surface area contributed by atoms with Gasteiger partial charge >= 0.3 is 0 Å². The lowest BCUT2D eigenvalue weighted by atomic mass is 10.1. The molecule has 6 heteroatoms. The molecule has 92 valence electrons. The second-order valence-corrected chi connectivity index (χ2v) is 3.72. The van der Waals surface area contributed by atoms with Crippen LogP contribution in [0, 0.1) is 10.1 Å². The van der Waals surface area contributed by atoms with Gasteiger partial charge in [0.05, 0.1) is 4.92 Å². The van der Waals surface area contributed by atoms with Crippen molar-refractivity contribution in [1.29, 1.82) is 0 Å². The molecule has 0 spiro atoms. The molecular weight excluding hydrogens is 222 g/mol. The molecule has 0 aliphatic heterocycles. The van der Waals surface area contributed by atoms with Gasteiger partial charge in [0.25, 0.3) is 11.6 Å². The fraction of sp³-hybridized carbons (Fsp3) is 0.364. The van der Waals surface area contributed by atoms with Gasteiger partial charge in [-0.15, -0.1) is 0 Å². The monoisotopic (exact) mass is 237 g/mol. The lowest BCUT2D eigenvalue weighted by Gasteiger charge is -2.12. The smallest absolute Gasteiger partial charge is 0.282 e. The van der Waals surface area contributed by atoms with Gasteiger partial charge in [-0.25, -0.2) is 0 Å². The molecule has 1 amide bonds. The number of anilines is 1. The number of carbonyl (C=O) groups is 1. The molecule has 0 aliphatic carbocycles. The molecule has 0 saturated heterocycles. The summed E-state index contributed by atoms with van der Waals surface area (Å²) in [6.07, 6.45) is 0. The largest absolute Gasteiger partial charge is 0.385 e. The van der Waals surface area contributed by atoms with Crippen molar-refractivity contribution in [2.45, 2.75) is 6.92 Å². The van der Waals surface area contributed by atoms with Crippen molar-refractivity contribution in [3.05, 3.63) is 33.9 Å². The summed E-state index contributed by atoms with van der Waals surface area (Å²) in [5.74, 6) is -0.378. The number of carbonyl (C=O) groups excluding carboxylic acids is 1. The summed E-state index contributed by atoms with van der Waals surface area (Å²) in [5.41, 5.74) is 0.618. The number of nitrogens with zero attached hydrogens (tertiary/aromatic N) is 2. The van der Waals surface area contributed by atoms with Crippen LogP contribution in [0.15, 0.2) is 18.2 Å². The maximum Gasteiger partial charge on any atom is 0.282 e. The molecule has 0 saturated carbocycles. The summed E-state index contributed by atoms with van der Waals surface area (Å²) >= 11 is 0. The minimum absolute atomic E-state index is 0.0958. The Morgan fingerprint density at radius 2 is 2.12 bits per heavy atom. The maximum absolute atomic E-state index is 11.8. The Balaban J connectivity index is 3.25. The van der Waals surface area contributed by atoms with Gasteiger partial charge in [-0.3, -0.25) is 14.9 Å². The van der Waals surface area contributed by atoms with Crippen molar-refractivity contribution < 1.29 is 9.72 Å². The van der Waals surface area contributed by atoms with E-state index in [1.165, 1.54) is 17.0 Å². The normalized spacial score (nSPS) is 9.82. The van der Waals surface area contributed by atoms with E-state index >= 15 is 0 Å². The predicted octanol–water partition coefficient (Wildman–Crippen LogP) is 1.73. The van der Waals surface area contributed by atoms with E-state index in [0.29, 0.717) is 12.2 Å². The van der Waals surface area contributed by atoms with Crippen LogP contribution in [0.25, 0.3) is 0 Å². The Morgan fingerprint density at radius 3 is 2.59 bits per heavy atom. The highest BCUT2D eigenvalue weighted by Gasteiger charge is 2.21. The third kappa shape index (κ3) is 2.93. The Hall–Kier alpha value is -2.11. The first-order chi connectivity index (χ1) is 7.97. The Bertz CT molecular complexity index is 444. The minimum atomic E-state index is -0.549. The summed E-state index contributed by atoms with van der Waals surface area (Å²) in [7, 11) is 3.12. The van der Waals surface area contributed by atoms with Crippen LogP contribution < -0.4 is 5.32 Å². The van der Waals surface area contributed by atoms with Crippen molar-refractivity contribution in [1.82, 2.24) is 4.90 Å². The fourth-order valence-electron chi connectivity index (χ4n) is 1.42. The molecule has 17 heavy (non-hydrogen) atoms. The number of hydrogen-bond acceptors (Lipinski definition) is 4. The van der Waals surface area contributed by atoms with Crippen LogP contribution >= 0.6 is 0 Å². The summed E-state index contributed by atoms with van der Waals surface area (Å²) in [6, 6.07) is 4.44. The topological polar surface area (TPSA) is 75.5 Å². The van der Waals surface area contributed by atoms with Gasteiger partial charge < -0.3 is 10.2 Å². The summed E-state index contributed by atoms with van der Waals surface area (Å²) in [6.45, 7) is 2.60. The summed E-state index contributed by atoms with van der Waals surface area (Å²) in [4.78, 5) is 23.4. The highest BCUT2D eigenvalue weighted by Crippen LogP contribution is 2.23. The van der Waals surface area contributed by atoms with E-state index in [4.69, 9.17) is 0 Å². The average molecular weight is 237 g/mol. The predicted molar refractivity (Wildman–Crippen MR) is 65.3 cm³/mol. The number of nitro benzene ring substituents is 1. The van der Waals surface area contributed by atoms with Gasteiger partial charge in [-0.2, -0.15) is 0 Å². The van der Waals surface area contributed by atoms with E-state index in [-0.39, 0.29) is 17.2 Å². The Labute approximate surface area is 99.4 Å². The molecule has 0 aromatic heterocycles. The molecule has 1 aromatic carbocycles. The first kappa shape index (κ1) is 13.0. The molecule has 6 nitrogen and oxygen atoms in total. The molecule has 0 radical (unpaired) electrons. The zero-order chi connectivity index (χ0) is 13.0. The number of hydrogen-bond donors (Lipinski definition) is 1. The summed E-state index contributed by atoms with van der Waals surface area (Å²) < 4.78 is 0. The second-order valence-electron chi connectivity index (χ2n) is 3.72. The zero-order valence-electron chi connectivity index (χ0n) is 10.1. The van der Waals surface area contributed by atoms with Gasteiger partial charge in [0.1, 0.15) is 5.56 Å². The molecule has 1 N–H and O–H groups in total. The van der Waals surface area contributed by atoms with Crippen molar-refractivity contribution in [3.8, 4) is 0 Å². The Kier molecular flexibility index (Phi) is 4.03. The summed E-state index contributed by atoms with van der Waals surface area (Å²) in [5, 5.41) is 13.8. The van der Waals surface area contributed by atoms with Crippen molar-refractivity contribution in [2.24, 2.45) is 0 Å². The number of benzene rings is 1. The van der Waals surface area contributed by atoms with Gasteiger partial charge in [-0.1, -0.05) is 0 Å². The third-order valence-electron chi connectivity index (χ3n) is 2.21. The fourth-order valence-corrected chi connectivity index (χ4v) is 1.42. The van der Waals surface area contributed by atoms with E-state index in [2.05, 4.69) is 5.32 Å². The van der Waals surface area contributed by atoms with Crippen LogP contribution in [0.2, 0.25) is 0 Å².